The van der Waals surface area contributed by atoms with Crippen LogP contribution >= 0.6 is 0 Å². The SMILES string of the molecule is CC(=O)c1cc(C)cc2c(=O)n(C)c(C3(C)CCOCC3)nc12. The lowest BCUT2D eigenvalue weighted by atomic mass is 9.81. The fourth-order valence-electron chi connectivity index (χ4n) is 3.37. The Morgan fingerprint density at radius 2 is 1.96 bits per heavy atom. The minimum absolute atomic E-state index is 0.0671. The molecule has 0 spiro atoms. The molecule has 1 saturated heterocycles. The van der Waals surface area contributed by atoms with Gasteiger partial charge in [0.1, 0.15) is 5.82 Å². The quantitative estimate of drug-likeness (QED) is 0.799. The van der Waals surface area contributed by atoms with Crippen molar-refractivity contribution in [2.45, 2.75) is 39.0 Å². The van der Waals surface area contributed by atoms with Crippen LogP contribution in [0.3, 0.4) is 0 Å². The number of benzene rings is 1. The van der Waals surface area contributed by atoms with Gasteiger partial charge in [0, 0.05) is 31.2 Å². The van der Waals surface area contributed by atoms with E-state index in [1.807, 2.05) is 19.1 Å². The highest BCUT2D eigenvalue weighted by atomic mass is 16.5. The van der Waals surface area contributed by atoms with Crippen LogP contribution in [0.4, 0.5) is 0 Å². The molecule has 1 fully saturated rings. The first-order valence-corrected chi connectivity index (χ1v) is 7.94. The zero-order chi connectivity index (χ0) is 16.8. The minimum Gasteiger partial charge on any atom is -0.381 e. The number of ketones is 1. The van der Waals surface area contributed by atoms with Crippen LogP contribution in [0.1, 0.15) is 48.4 Å². The van der Waals surface area contributed by atoms with Gasteiger partial charge in [0.05, 0.1) is 10.9 Å². The van der Waals surface area contributed by atoms with Crippen molar-refractivity contribution in [3.8, 4) is 0 Å². The normalized spacial score (nSPS) is 17.4. The van der Waals surface area contributed by atoms with E-state index >= 15 is 0 Å². The zero-order valence-electron chi connectivity index (χ0n) is 14.1. The monoisotopic (exact) mass is 314 g/mol. The Labute approximate surface area is 135 Å². The van der Waals surface area contributed by atoms with Gasteiger partial charge in [0.15, 0.2) is 5.78 Å². The van der Waals surface area contributed by atoms with Gasteiger partial charge >= 0.3 is 0 Å². The molecule has 1 aliphatic heterocycles. The van der Waals surface area contributed by atoms with Crippen molar-refractivity contribution in [1.82, 2.24) is 9.55 Å². The van der Waals surface area contributed by atoms with Gasteiger partial charge in [-0.25, -0.2) is 4.98 Å². The minimum atomic E-state index is -0.209. The van der Waals surface area contributed by atoms with Gasteiger partial charge < -0.3 is 4.74 Å². The molecule has 3 rings (SSSR count). The zero-order valence-corrected chi connectivity index (χ0v) is 14.1. The maximum absolute atomic E-state index is 12.8. The average molecular weight is 314 g/mol. The van der Waals surface area contributed by atoms with Crippen molar-refractivity contribution in [3.63, 3.8) is 0 Å². The van der Waals surface area contributed by atoms with Crippen molar-refractivity contribution in [3.05, 3.63) is 39.4 Å². The summed E-state index contributed by atoms with van der Waals surface area (Å²) in [4.78, 5) is 29.6. The maximum atomic E-state index is 12.8. The molecule has 0 amide bonds. The molecular formula is C18H22N2O3. The molecule has 2 aromatic rings. The number of ether oxygens (including phenoxy) is 1. The Morgan fingerprint density at radius 3 is 2.57 bits per heavy atom. The Morgan fingerprint density at radius 1 is 1.30 bits per heavy atom. The number of aryl methyl sites for hydroxylation is 1. The fourth-order valence-corrected chi connectivity index (χ4v) is 3.37. The lowest BCUT2D eigenvalue weighted by Crippen LogP contribution is -2.38. The Kier molecular flexibility index (Phi) is 3.84. The predicted molar refractivity (Wildman–Crippen MR) is 89.1 cm³/mol. The number of carbonyl (C=O) groups excluding carboxylic acids is 1. The first-order valence-electron chi connectivity index (χ1n) is 7.94. The van der Waals surface area contributed by atoms with Gasteiger partial charge in [-0.15, -0.1) is 0 Å². The van der Waals surface area contributed by atoms with Crippen molar-refractivity contribution < 1.29 is 9.53 Å². The first-order chi connectivity index (χ1) is 10.8. The molecule has 0 unspecified atom stereocenters. The van der Waals surface area contributed by atoms with E-state index in [0.29, 0.717) is 29.7 Å². The van der Waals surface area contributed by atoms with E-state index in [-0.39, 0.29) is 16.8 Å². The standard InChI is InChI=1S/C18H22N2O3/c1-11-9-13(12(2)21)15-14(10-11)16(22)20(4)17(19-15)18(3)5-7-23-8-6-18/h9-10H,5-8H2,1-4H3. The summed E-state index contributed by atoms with van der Waals surface area (Å²) in [5, 5.41) is 0.511. The van der Waals surface area contributed by atoms with E-state index in [9.17, 15) is 9.59 Å². The molecule has 5 nitrogen and oxygen atoms in total. The van der Waals surface area contributed by atoms with Crippen molar-refractivity contribution in [2.75, 3.05) is 13.2 Å². The number of fused-ring (bicyclic) bond motifs is 1. The number of Topliss-reactive ketones (excluding diaryl/α,β-unsaturated/α-hetero) is 1. The van der Waals surface area contributed by atoms with Crippen LogP contribution in [0.5, 0.6) is 0 Å². The second kappa shape index (κ2) is 5.57. The van der Waals surface area contributed by atoms with Gasteiger partial charge in [-0.1, -0.05) is 6.92 Å². The molecule has 1 aromatic carbocycles. The average Bonchev–Trinajstić information content (AvgIpc) is 2.51. The molecule has 0 radical (unpaired) electrons. The smallest absolute Gasteiger partial charge is 0.261 e. The Hall–Kier alpha value is -2.01. The summed E-state index contributed by atoms with van der Waals surface area (Å²) in [6.45, 7) is 6.85. The summed E-state index contributed by atoms with van der Waals surface area (Å²) in [6.07, 6.45) is 1.64. The number of carbonyl (C=O) groups is 1. The van der Waals surface area contributed by atoms with Crippen LogP contribution in [0, 0.1) is 6.92 Å². The molecule has 0 atom stereocenters. The van der Waals surface area contributed by atoms with Crippen molar-refractivity contribution >= 4 is 16.7 Å². The topological polar surface area (TPSA) is 61.2 Å². The second-order valence-corrected chi connectivity index (χ2v) is 6.74. The maximum Gasteiger partial charge on any atom is 0.261 e. The van der Waals surface area contributed by atoms with Gasteiger partial charge in [-0.3, -0.25) is 14.2 Å². The van der Waals surface area contributed by atoms with E-state index in [4.69, 9.17) is 9.72 Å². The summed E-state index contributed by atoms with van der Waals surface area (Å²) >= 11 is 0. The summed E-state index contributed by atoms with van der Waals surface area (Å²) in [5.41, 5.74) is 1.64. The van der Waals surface area contributed by atoms with Crippen LogP contribution in [0.15, 0.2) is 16.9 Å². The first kappa shape index (κ1) is 15.9. The van der Waals surface area contributed by atoms with E-state index in [0.717, 1.165) is 24.2 Å². The Bertz CT molecular complexity index is 845. The lowest BCUT2D eigenvalue weighted by Gasteiger charge is -2.34. The molecule has 0 aliphatic carbocycles. The number of hydrogen-bond acceptors (Lipinski definition) is 4. The molecule has 0 N–H and O–H groups in total. The molecule has 0 saturated carbocycles. The summed E-state index contributed by atoms with van der Waals surface area (Å²) in [7, 11) is 1.76. The molecule has 1 aromatic heterocycles. The Balaban J connectivity index is 2.35. The predicted octanol–water partition coefficient (Wildman–Crippen LogP) is 2.51. The third-order valence-electron chi connectivity index (χ3n) is 4.84. The van der Waals surface area contributed by atoms with Crippen LogP contribution < -0.4 is 5.56 Å². The van der Waals surface area contributed by atoms with E-state index < -0.39 is 0 Å². The van der Waals surface area contributed by atoms with Gasteiger partial charge in [-0.05, 0) is 44.4 Å². The lowest BCUT2D eigenvalue weighted by molar-refractivity contribution is 0.0522. The van der Waals surface area contributed by atoms with Crippen LogP contribution in [-0.4, -0.2) is 28.5 Å². The van der Waals surface area contributed by atoms with Gasteiger partial charge in [0.2, 0.25) is 0 Å². The molecule has 122 valence electrons. The van der Waals surface area contributed by atoms with E-state index in [2.05, 4.69) is 6.92 Å². The molecule has 1 aliphatic rings. The summed E-state index contributed by atoms with van der Waals surface area (Å²) in [6, 6.07) is 3.63. The molecule has 2 heterocycles. The van der Waals surface area contributed by atoms with Gasteiger partial charge in [-0.2, -0.15) is 0 Å². The van der Waals surface area contributed by atoms with Gasteiger partial charge in [0.25, 0.3) is 5.56 Å². The molecule has 5 heteroatoms. The van der Waals surface area contributed by atoms with E-state index in [1.165, 1.54) is 6.92 Å². The number of rotatable bonds is 2. The highest BCUT2D eigenvalue weighted by molar-refractivity contribution is 6.05. The molecular weight excluding hydrogens is 292 g/mol. The third kappa shape index (κ3) is 2.59. The highest BCUT2D eigenvalue weighted by Crippen LogP contribution is 2.33. The molecule has 0 bridgehead atoms. The number of hydrogen-bond donors (Lipinski definition) is 0. The second-order valence-electron chi connectivity index (χ2n) is 6.74. The number of aromatic nitrogens is 2. The van der Waals surface area contributed by atoms with Crippen LogP contribution in [-0.2, 0) is 17.2 Å². The molecule has 23 heavy (non-hydrogen) atoms. The fraction of sp³-hybridized carbons (Fsp3) is 0.500. The van der Waals surface area contributed by atoms with Crippen molar-refractivity contribution in [2.24, 2.45) is 7.05 Å². The highest BCUT2D eigenvalue weighted by Gasteiger charge is 2.34. The summed E-state index contributed by atoms with van der Waals surface area (Å²) < 4.78 is 7.09. The largest absolute Gasteiger partial charge is 0.381 e. The summed E-state index contributed by atoms with van der Waals surface area (Å²) in [5.74, 6) is 0.673. The van der Waals surface area contributed by atoms with Crippen LogP contribution in [0.2, 0.25) is 0 Å². The van der Waals surface area contributed by atoms with Crippen LogP contribution in [0.25, 0.3) is 10.9 Å². The third-order valence-corrected chi connectivity index (χ3v) is 4.84. The van der Waals surface area contributed by atoms with E-state index in [1.54, 1.807) is 11.6 Å². The number of nitrogens with zero attached hydrogens (tertiary/aromatic N) is 2. The van der Waals surface area contributed by atoms with Crippen molar-refractivity contribution in [1.29, 1.82) is 0 Å².